The van der Waals surface area contributed by atoms with Crippen LogP contribution < -0.4 is 5.32 Å². The second kappa shape index (κ2) is 6.03. The van der Waals surface area contributed by atoms with E-state index in [0.29, 0.717) is 23.6 Å². The van der Waals surface area contributed by atoms with E-state index >= 15 is 0 Å². The van der Waals surface area contributed by atoms with Gasteiger partial charge in [-0.15, -0.1) is 0 Å². The van der Waals surface area contributed by atoms with Crippen LogP contribution in [0.3, 0.4) is 0 Å². The number of imide groups is 1. The van der Waals surface area contributed by atoms with E-state index in [0.717, 1.165) is 29.4 Å². The van der Waals surface area contributed by atoms with Gasteiger partial charge in [0.1, 0.15) is 0 Å². The fourth-order valence-electron chi connectivity index (χ4n) is 3.08. The van der Waals surface area contributed by atoms with Crippen LogP contribution in [-0.4, -0.2) is 29.8 Å². The predicted molar refractivity (Wildman–Crippen MR) is 92.9 cm³/mol. The summed E-state index contributed by atoms with van der Waals surface area (Å²) in [6, 6.07) is 9.45. The second-order valence-corrected chi connectivity index (χ2v) is 6.35. The minimum Gasteiger partial charge on any atom is -0.385 e. The number of benzene rings is 2. The Balaban J connectivity index is 2.09. The van der Waals surface area contributed by atoms with Crippen molar-refractivity contribution >= 4 is 28.3 Å². The fourth-order valence-corrected chi connectivity index (χ4v) is 3.08. The van der Waals surface area contributed by atoms with Gasteiger partial charge >= 0.3 is 0 Å². The van der Waals surface area contributed by atoms with Crippen molar-refractivity contribution < 1.29 is 9.59 Å². The molecule has 2 amide bonds. The molecule has 0 saturated heterocycles. The first-order valence-corrected chi connectivity index (χ1v) is 8.20. The largest absolute Gasteiger partial charge is 0.385 e. The Morgan fingerprint density at radius 1 is 1.04 bits per heavy atom. The Bertz CT molecular complexity index is 758. The summed E-state index contributed by atoms with van der Waals surface area (Å²) in [5, 5.41) is 5.17. The van der Waals surface area contributed by atoms with Crippen LogP contribution in [0.15, 0.2) is 30.3 Å². The highest BCUT2D eigenvalue weighted by molar-refractivity contribution is 6.26. The van der Waals surface area contributed by atoms with Gasteiger partial charge in [-0.25, -0.2) is 0 Å². The average Bonchev–Trinajstić information content (AvgIpc) is 2.53. The third-order valence-electron chi connectivity index (χ3n) is 4.35. The van der Waals surface area contributed by atoms with Gasteiger partial charge in [0.25, 0.3) is 11.8 Å². The first-order chi connectivity index (χ1) is 11.0. The van der Waals surface area contributed by atoms with Gasteiger partial charge in [-0.1, -0.05) is 26.0 Å². The molecule has 2 aromatic rings. The molecule has 0 unspecified atom stereocenters. The number of anilines is 1. The van der Waals surface area contributed by atoms with E-state index in [9.17, 15) is 9.59 Å². The third-order valence-corrected chi connectivity index (χ3v) is 4.35. The standard InChI is InChI=1S/C19H22N2O2/c1-4-21-18(22)14-7-5-6-13-16(20-11-10-12(2)3)9-8-15(17(13)14)19(21)23/h5-9,12,20H,4,10-11H2,1-3H3. The van der Waals surface area contributed by atoms with Crippen LogP contribution in [0.5, 0.6) is 0 Å². The lowest BCUT2D eigenvalue weighted by molar-refractivity contribution is 0.0619. The summed E-state index contributed by atoms with van der Waals surface area (Å²) in [5.74, 6) is 0.230. The summed E-state index contributed by atoms with van der Waals surface area (Å²) in [6.45, 7) is 7.47. The third kappa shape index (κ3) is 2.58. The highest BCUT2D eigenvalue weighted by Crippen LogP contribution is 2.34. The Morgan fingerprint density at radius 2 is 1.74 bits per heavy atom. The fraction of sp³-hybridized carbons (Fsp3) is 0.368. The van der Waals surface area contributed by atoms with E-state index in [1.807, 2.05) is 31.2 Å². The first-order valence-electron chi connectivity index (χ1n) is 8.20. The molecule has 1 N–H and O–H groups in total. The van der Waals surface area contributed by atoms with E-state index in [2.05, 4.69) is 19.2 Å². The molecule has 0 radical (unpaired) electrons. The van der Waals surface area contributed by atoms with Gasteiger partial charge in [0.2, 0.25) is 0 Å². The van der Waals surface area contributed by atoms with Gasteiger partial charge in [-0.3, -0.25) is 14.5 Å². The molecule has 23 heavy (non-hydrogen) atoms. The highest BCUT2D eigenvalue weighted by Gasteiger charge is 2.32. The van der Waals surface area contributed by atoms with E-state index in [1.54, 1.807) is 6.07 Å². The van der Waals surface area contributed by atoms with Crippen molar-refractivity contribution in [2.24, 2.45) is 5.92 Å². The van der Waals surface area contributed by atoms with Crippen LogP contribution in [0.4, 0.5) is 5.69 Å². The normalized spacial score (nSPS) is 14.0. The predicted octanol–water partition coefficient (Wildman–Crippen LogP) is 3.91. The zero-order chi connectivity index (χ0) is 16.6. The van der Waals surface area contributed by atoms with Gasteiger partial charge in [-0.2, -0.15) is 0 Å². The summed E-state index contributed by atoms with van der Waals surface area (Å²) in [4.78, 5) is 26.4. The molecule has 0 spiro atoms. The quantitative estimate of drug-likeness (QED) is 0.852. The van der Waals surface area contributed by atoms with Gasteiger partial charge in [0.05, 0.1) is 0 Å². The molecular formula is C19H22N2O2. The molecule has 0 fully saturated rings. The zero-order valence-electron chi connectivity index (χ0n) is 13.8. The number of rotatable bonds is 5. The van der Waals surface area contributed by atoms with Gasteiger partial charge < -0.3 is 5.32 Å². The molecule has 3 rings (SSSR count). The van der Waals surface area contributed by atoms with E-state index in [1.165, 1.54) is 4.90 Å². The summed E-state index contributed by atoms with van der Waals surface area (Å²) in [5.41, 5.74) is 2.22. The molecule has 0 aromatic heterocycles. The number of hydrogen-bond donors (Lipinski definition) is 1. The SMILES string of the molecule is CCN1C(=O)c2cccc3c(NCCC(C)C)ccc(c23)C1=O. The Morgan fingerprint density at radius 3 is 2.39 bits per heavy atom. The van der Waals surface area contributed by atoms with Crippen molar-refractivity contribution in [3.05, 3.63) is 41.5 Å². The smallest absolute Gasteiger partial charge is 0.261 e. The van der Waals surface area contributed by atoms with Crippen LogP contribution in [-0.2, 0) is 0 Å². The molecule has 0 bridgehead atoms. The number of nitrogens with one attached hydrogen (secondary N) is 1. The maximum Gasteiger partial charge on any atom is 0.261 e. The van der Waals surface area contributed by atoms with Crippen molar-refractivity contribution in [3.63, 3.8) is 0 Å². The number of amides is 2. The first kappa shape index (κ1) is 15.5. The molecule has 0 saturated carbocycles. The van der Waals surface area contributed by atoms with Crippen molar-refractivity contribution in [1.29, 1.82) is 0 Å². The van der Waals surface area contributed by atoms with Crippen molar-refractivity contribution in [1.82, 2.24) is 4.90 Å². The minimum absolute atomic E-state index is 0.199. The molecule has 1 aliphatic heterocycles. The lowest BCUT2D eigenvalue weighted by Crippen LogP contribution is -2.40. The average molecular weight is 310 g/mol. The van der Waals surface area contributed by atoms with Gasteiger partial charge in [0.15, 0.2) is 0 Å². The van der Waals surface area contributed by atoms with Crippen molar-refractivity contribution in [3.8, 4) is 0 Å². The number of carbonyl (C=O) groups excluding carboxylic acids is 2. The number of carbonyl (C=O) groups is 2. The van der Waals surface area contributed by atoms with Crippen LogP contribution >= 0.6 is 0 Å². The Labute approximate surface area is 136 Å². The molecular weight excluding hydrogens is 288 g/mol. The molecule has 120 valence electrons. The molecule has 0 aliphatic carbocycles. The van der Waals surface area contributed by atoms with Gasteiger partial charge in [0, 0.05) is 40.7 Å². The monoisotopic (exact) mass is 310 g/mol. The summed E-state index contributed by atoms with van der Waals surface area (Å²) >= 11 is 0. The van der Waals surface area contributed by atoms with E-state index in [4.69, 9.17) is 0 Å². The summed E-state index contributed by atoms with van der Waals surface area (Å²) in [6.07, 6.45) is 1.07. The maximum atomic E-state index is 12.5. The van der Waals surface area contributed by atoms with E-state index < -0.39 is 0 Å². The molecule has 4 nitrogen and oxygen atoms in total. The second-order valence-electron chi connectivity index (χ2n) is 6.35. The summed E-state index contributed by atoms with van der Waals surface area (Å²) < 4.78 is 0. The van der Waals surface area contributed by atoms with Crippen LogP contribution in [0.25, 0.3) is 10.8 Å². The Hall–Kier alpha value is -2.36. The zero-order valence-corrected chi connectivity index (χ0v) is 13.8. The van der Waals surface area contributed by atoms with E-state index in [-0.39, 0.29) is 11.8 Å². The van der Waals surface area contributed by atoms with Gasteiger partial charge in [-0.05, 0) is 37.5 Å². The van der Waals surface area contributed by atoms with Crippen LogP contribution in [0.2, 0.25) is 0 Å². The topological polar surface area (TPSA) is 49.4 Å². The summed E-state index contributed by atoms with van der Waals surface area (Å²) in [7, 11) is 0. The van der Waals surface area contributed by atoms with Crippen LogP contribution in [0, 0.1) is 5.92 Å². The number of nitrogens with zero attached hydrogens (tertiary/aromatic N) is 1. The lowest BCUT2D eigenvalue weighted by atomic mass is 9.93. The van der Waals surface area contributed by atoms with Crippen molar-refractivity contribution in [2.45, 2.75) is 27.2 Å². The lowest BCUT2D eigenvalue weighted by Gasteiger charge is -2.26. The molecule has 0 atom stereocenters. The Kier molecular flexibility index (Phi) is 4.07. The number of hydrogen-bond acceptors (Lipinski definition) is 3. The molecule has 1 heterocycles. The minimum atomic E-state index is -0.199. The molecule has 1 aliphatic rings. The molecule has 2 aromatic carbocycles. The maximum absolute atomic E-state index is 12.5. The molecule has 4 heteroatoms. The van der Waals surface area contributed by atoms with Crippen molar-refractivity contribution in [2.75, 3.05) is 18.4 Å². The van der Waals surface area contributed by atoms with Crippen LogP contribution in [0.1, 0.15) is 47.9 Å². The highest BCUT2D eigenvalue weighted by atomic mass is 16.2.